The summed E-state index contributed by atoms with van der Waals surface area (Å²) in [6.45, 7) is 0.0588. The van der Waals surface area contributed by atoms with Crippen molar-refractivity contribution >= 4 is 5.95 Å². The molecule has 0 saturated carbocycles. The van der Waals surface area contributed by atoms with Crippen LogP contribution in [0.25, 0.3) is 11.3 Å². The summed E-state index contributed by atoms with van der Waals surface area (Å²) >= 11 is 0. The van der Waals surface area contributed by atoms with Crippen LogP contribution in [0, 0.1) is 0 Å². The van der Waals surface area contributed by atoms with Gasteiger partial charge in [-0.15, -0.1) is 0 Å². The van der Waals surface area contributed by atoms with Crippen molar-refractivity contribution in [3.63, 3.8) is 0 Å². The number of aromatic nitrogens is 3. The number of anilines is 1. The predicted molar refractivity (Wildman–Crippen MR) is 83.7 cm³/mol. The van der Waals surface area contributed by atoms with Gasteiger partial charge in [-0.3, -0.25) is 14.3 Å². The van der Waals surface area contributed by atoms with Gasteiger partial charge >= 0.3 is 6.18 Å². The molecule has 0 amide bonds. The molecule has 2 aromatic heterocycles. The third kappa shape index (κ3) is 3.17. The summed E-state index contributed by atoms with van der Waals surface area (Å²) in [5.74, 6) is 0.226. The lowest BCUT2D eigenvalue weighted by Crippen LogP contribution is -2.38. The highest BCUT2D eigenvalue weighted by atomic mass is 19.4. The number of hydrogen-bond acceptors (Lipinski definition) is 4. The first-order valence-electron chi connectivity index (χ1n) is 7.36. The van der Waals surface area contributed by atoms with E-state index in [1.54, 1.807) is 24.5 Å². The summed E-state index contributed by atoms with van der Waals surface area (Å²) in [6.07, 6.45) is 0.213. The average Bonchev–Trinajstić information content (AvgIpc) is 2.57. The van der Waals surface area contributed by atoms with Crippen LogP contribution in [0.4, 0.5) is 19.1 Å². The Hall–Kier alpha value is -2.64. The first-order valence-corrected chi connectivity index (χ1v) is 7.36. The zero-order chi connectivity index (χ0) is 17.3. The normalized spacial score (nSPS) is 15.3. The van der Waals surface area contributed by atoms with Crippen molar-refractivity contribution in [3.8, 4) is 11.3 Å². The second-order valence-electron chi connectivity index (χ2n) is 5.51. The Balaban J connectivity index is 2.01. The van der Waals surface area contributed by atoms with Crippen molar-refractivity contribution in [1.29, 1.82) is 0 Å². The zero-order valence-corrected chi connectivity index (χ0v) is 12.9. The zero-order valence-electron chi connectivity index (χ0n) is 12.9. The Labute approximate surface area is 136 Å². The summed E-state index contributed by atoms with van der Waals surface area (Å²) in [6, 6.07) is 4.76. The lowest BCUT2D eigenvalue weighted by molar-refractivity contribution is -0.0930. The lowest BCUT2D eigenvalue weighted by Gasteiger charge is -2.30. The van der Waals surface area contributed by atoms with Crippen molar-refractivity contribution in [2.45, 2.75) is 12.6 Å². The van der Waals surface area contributed by atoms with E-state index in [-0.39, 0.29) is 24.5 Å². The summed E-state index contributed by atoms with van der Waals surface area (Å²) in [5.41, 5.74) is 0.165. The van der Waals surface area contributed by atoms with Crippen LogP contribution in [0.15, 0.2) is 47.0 Å². The second-order valence-corrected chi connectivity index (χ2v) is 5.51. The van der Waals surface area contributed by atoms with Crippen molar-refractivity contribution in [1.82, 2.24) is 14.5 Å². The fourth-order valence-corrected chi connectivity index (χ4v) is 2.60. The lowest BCUT2D eigenvalue weighted by atomic mass is 10.1. The molecule has 0 aromatic carbocycles. The van der Waals surface area contributed by atoms with Crippen LogP contribution < -0.4 is 10.5 Å². The van der Waals surface area contributed by atoms with E-state index < -0.39 is 11.7 Å². The molecule has 126 valence electrons. The molecule has 0 spiro atoms. The molecule has 0 radical (unpaired) electrons. The number of nitrogens with zero attached hydrogens (tertiary/aromatic N) is 4. The molecule has 0 atom stereocenters. The van der Waals surface area contributed by atoms with E-state index in [1.165, 1.54) is 28.7 Å². The molecule has 3 heterocycles. The largest absolute Gasteiger partial charge is 0.414 e. The molecule has 1 aliphatic heterocycles. The van der Waals surface area contributed by atoms with E-state index in [0.717, 1.165) is 0 Å². The maximum Gasteiger partial charge on any atom is 0.414 e. The topological polar surface area (TPSA) is 51.0 Å². The Morgan fingerprint density at radius 2 is 1.92 bits per heavy atom. The molecule has 24 heavy (non-hydrogen) atoms. The van der Waals surface area contributed by atoms with Crippen LogP contribution in [-0.2, 0) is 7.05 Å². The van der Waals surface area contributed by atoms with E-state index in [1.807, 2.05) is 0 Å². The minimum Gasteiger partial charge on any atom is -0.338 e. The van der Waals surface area contributed by atoms with Gasteiger partial charge in [0.05, 0.1) is 12.2 Å². The van der Waals surface area contributed by atoms with Crippen molar-refractivity contribution in [2.24, 2.45) is 7.05 Å². The van der Waals surface area contributed by atoms with Gasteiger partial charge in [0.1, 0.15) is 0 Å². The van der Waals surface area contributed by atoms with Crippen molar-refractivity contribution < 1.29 is 13.2 Å². The second kappa shape index (κ2) is 6.10. The third-order valence-electron chi connectivity index (χ3n) is 3.89. The third-order valence-corrected chi connectivity index (χ3v) is 3.89. The van der Waals surface area contributed by atoms with E-state index in [0.29, 0.717) is 17.8 Å². The van der Waals surface area contributed by atoms with Gasteiger partial charge in [-0.2, -0.15) is 13.2 Å². The van der Waals surface area contributed by atoms with Gasteiger partial charge in [0.2, 0.25) is 5.95 Å². The molecule has 1 aliphatic rings. The molecule has 0 unspecified atom stereocenters. The molecule has 5 nitrogen and oxygen atoms in total. The maximum absolute atomic E-state index is 13.0. The Bertz CT molecular complexity index is 827. The SMILES string of the molecule is Cn1c(N2CCC=C(C(F)(F)F)C2)nc(-c2ccncc2)cc1=O. The van der Waals surface area contributed by atoms with Crippen LogP contribution in [0.2, 0.25) is 0 Å². The summed E-state index contributed by atoms with van der Waals surface area (Å²) in [7, 11) is 1.51. The highest BCUT2D eigenvalue weighted by Gasteiger charge is 2.36. The molecule has 0 saturated heterocycles. The van der Waals surface area contributed by atoms with Gasteiger partial charge in [0, 0.05) is 43.2 Å². The minimum atomic E-state index is -4.37. The van der Waals surface area contributed by atoms with E-state index in [4.69, 9.17) is 0 Å². The minimum absolute atomic E-state index is 0.226. The Morgan fingerprint density at radius 3 is 2.58 bits per heavy atom. The monoisotopic (exact) mass is 336 g/mol. The summed E-state index contributed by atoms with van der Waals surface area (Å²) < 4.78 is 40.2. The molecular formula is C16H15F3N4O. The number of hydrogen-bond donors (Lipinski definition) is 0. The van der Waals surface area contributed by atoms with Crippen LogP contribution in [0.1, 0.15) is 6.42 Å². The summed E-state index contributed by atoms with van der Waals surface area (Å²) in [5, 5.41) is 0. The standard InChI is InChI=1S/C16H15F3N4O/c1-22-14(24)9-13(11-4-6-20-7-5-11)21-15(22)23-8-2-3-12(10-23)16(17,18)19/h3-7,9H,2,8,10H2,1H3. The summed E-state index contributed by atoms with van der Waals surface area (Å²) in [4.78, 5) is 22.0. The van der Waals surface area contributed by atoms with Crippen LogP contribution in [0.5, 0.6) is 0 Å². The predicted octanol–water partition coefficient (Wildman–Crippen LogP) is 2.54. The fraction of sp³-hybridized carbons (Fsp3) is 0.312. The van der Waals surface area contributed by atoms with E-state index >= 15 is 0 Å². The Morgan fingerprint density at radius 1 is 1.21 bits per heavy atom. The van der Waals surface area contributed by atoms with Crippen molar-refractivity contribution in [3.05, 3.63) is 52.6 Å². The Kier molecular flexibility index (Phi) is 4.13. The smallest absolute Gasteiger partial charge is 0.338 e. The molecule has 0 N–H and O–H groups in total. The van der Waals surface area contributed by atoms with Gasteiger partial charge in [-0.25, -0.2) is 4.98 Å². The number of rotatable bonds is 2. The van der Waals surface area contributed by atoms with Gasteiger partial charge in [-0.05, 0) is 18.6 Å². The molecule has 0 fully saturated rings. The van der Waals surface area contributed by atoms with Crippen LogP contribution in [0.3, 0.4) is 0 Å². The highest BCUT2D eigenvalue weighted by molar-refractivity contribution is 5.59. The van der Waals surface area contributed by atoms with E-state index in [9.17, 15) is 18.0 Å². The first-order chi connectivity index (χ1) is 11.4. The molecule has 2 aromatic rings. The molecule has 0 aliphatic carbocycles. The maximum atomic E-state index is 13.0. The highest BCUT2D eigenvalue weighted by Crippen LogP contribution is 2.30. The number of alkyl halides is 3. The number of halogens is 3. The van der Waals surface area contributed by atoms with Crippen molar-refractivity contribution in [2.75, 3.05) is 18.0 Å². The molecule has 3 rings (SSSR count). The molecular weight excluding hydrogens is 321 g/mol. The van der Waals surface area contributed by atoms with Gasteiger partial charge in [-0.1, -0.05) is 6.08 Å². The van der Waals surface area contributed by atoms with Crippen LogP contribution >= 0.6 is 0 Å². The average molecular weight is 336 g/mol. The van der Waals surface area contributed by atoms with Gasteiger partial charge < -0.3 is 4.90 Å². The fourth-order valence-electron chi connectivity index (χ4n) is 2.60. The van der Waals surface area contributed by atoms with Gasteiger partial charge in [0.15, 0.2) is 0 Å². The van der Waals surface area contributed by atoms with Gasteiger partial charge in [0.25, 0.3) is 5.56 Å². The van der Waals surface area contributed by atoms with Crippen LogP contribution in [-0.4, -0.2) is 33.8 Å². The first kappa shape index (κ1) is 16.2. The number of pyridine rings is 1. The van der Waals surface area contributed by atoms with E-state index in [2.05, 4.69) is 9.97 Å². The molecule has 0 bridgehead atoms. The quantitative estimate of drug-likeness (QED) is 0.791. The molecule has 8 heteroatoms.